The minimum Gasteiger partial charge on any atom is -0.303 e. The predicted octanol–water partition coefficient (Wildman–Crippen LogP) is 6.90. The highest BCUT2D eigenvalue weighted by Gasteiger charge is 2.33. The summed E-state index contributed by atoms with van der Waals surface area (Å²) in [4.78, 5) is 45.8. The van der Waals surface area contributed by atoms with Crippen LogP contribution in [0.15, 0.2) is 72.8 Å². The molecule has 222 valence electrons. The van der Waals surface area contributed by atoms with Gasteiger partial charge >= 0.3 is 0 Å². The van der Waals surface area contributed by atoms with Gasteiger partial charge < -0.3 is 14.7 Å². The van der Waals surface area contributed by atoms with E-state index in [9.17, 15) is 14.4 Å². The molecular weight excluding hydrogens is 522 g/mol. The zero-order valence-electron chi connectivity index (χ0n) is 26.0. The van der Waals surface area contributed by atoms with Crippen molar-refractivity contribution in [2.45, 2.75) is 60.8 Å². The second-order valence-corrected chi connectivity index (χ2v) is 12.8. The Morgan fingerprint density at radius 1 is 0.452 bits per heavy atom. The summed E-state index contributed by atoms with van der Waals surface area (Å²) in [6, 6.07) is 23.0. The Bertz CT molecular complexity index is 1180. The fourth-order valence-corrected chi connectivity index (χ4v) is 5.45. The van der Waals surface area contributed by atoms with Crippen LogP contribution in [0.4, 0.5) is 0 Å². The summed E-state index contributed by atoms with van der Waals surface area (Å²) in [5, 5.41) is 0. The predicted molar refractivity (Wildman–Crippen MR) is 168 cm³/mol. The van der Waals surface area contributed by atoms with Crippen molar-refractivity contribution in [1.82, 2.24) is 14.7 Å². The fourth-order valence-electron chi connectivity index (χ4n) is 5.45. The largest absolute Gasteiger partial charge is 0.303 e. The summed E-state index contributed by atoms with van der Waals surface area (Å²) in [7, 11) is 0. The number of amides is 3. The lowest BCUT2D eigenvalue weighted by Crippen LogP contribution is -2.59. The number of hydrogen-bond acceptors (Lipinski definition) is 3. The Morgan fingerprint density at radius 2 is 0.667 bits per heavy atom. The summed E-state index contributed by atoms with van der Waals surface area (Å²) >= 11 is 0. The quantitative estimate of drug-likeness (QED) is 0.283. The molecule has 1 heterocycles. The van der Waals surface area contributed by atoms with Gasteiger partial charge in [0.2, 0.25) is 0 Å². The third kappa shape index (κ3) is 8.09. The van der Waals surface area contributed by atoms with Gasteiger partial charge in [-0.25, -0.2) is 0 Å². The third-order valence-corrected chi connectivity index (χ3v) is 7.42. The van der Waals surface area contributed by atoms with E-state index in [0.29, 0.717) is 34.4 Å². The number of carbonyl (C=O) groups excluding carboxylic acids is 3. The molecule has 4 rings (SSSR count). The van der Waals surface area contributed by atoms with E-state index in [1.54, 1.807) is 14.7 Å². The molecule has 0 radical (unpaired) electrons. The van der Waals surface area contributed by atoms with Crippen LogP contribution in [0.5, 0.6) is 0 Å². The second-order valence-electron chi connectivity index (χ2n) is 12.8. The smallest absolute Gasteiger partial charge is 0.256 e. The molecule has 3 amide bonds. The minimum atomic E-state index is -0.207. The van der Waals surface area contributed by atoms with Crippen LogP contribution in [0.25, 0.3) is 0 Å². The zero-order valence-corrected chi connectivity index (χ0v) is 26.0. The van der Waals surface area contributed by atoms with Gasteiger partial charge in [-0.15, -0.1) is 0 Å². The van der Waals surface area contributed by atoms with Gasteiger partial charge in [0.25, 0.3) is 17.7 Å². The van der Waals surface area contributed by atoms with Crippen molar-refractivity contribution in [2.24, 2.45) is 17.8 Å². The highest BCUT2D eigenvalue weighted by molar-refractivity contribution is 5.98. The maximum atomic E-state index is 13.7. The lowest BCUT2D eigenvalue weighted by Gasteiger charge is -2.42. The van der Waals surface area contributed by atoms with Crippen LogP contribution in [0, 0.1) is 17.8 Å². The third-order valence-electron chi connectivity index (χ3n) is 7.42. The van der Waals surface area contributed by atoms with Crippen LogP contribution in [0.3, 0.4) is 0 Å². The molecule has 6 nitrogen and oxygen atoms in total. The number of rotatable bonds is 9. The van der Waals surface area contributed by atoms with Gasteiger partial charge in [0.05, 0.1) is 20.0 Å². The molecule has 0 saturated carbocycles. The Hall–Kier alpha value is -3.93. The molecule has 0 unspecified atom stereocenters. The SMILES string of the molecule is CC(C)Cc1ccc(C(=O)N2CN(C(=O)c3ccc(CC(C)C)cc3)CN(C(=O)c3ccc(CC(C)C)cc3)C2)cc1. The molecule has 1 aliphatic heterocycles. The lowest BCUT2D eigenvalue weighted by molar-refractivity contribution is -0.00612. The van der Waals surface area contributed by atoms with Gasteiger partial charge in [-0.2, -0.15) is 0 Å². The van der Waals surface area contributed by atoms with Crippen molar-refractivity contribution in [2.75, 3.05) is 20.0 Å². The summed E-state index contributed by atoms with van der Waals surface area (Å²) in [5.74, 6) is 0.938. The van der Waals surface area contributed by atoms with E-state index in [4.69, 9.17) is 0 Å². The first-order valence-corrected chi connectivity index (χ1v) is 15.1. The molecule has 0 aliphatic carbocycles. The molecule has 3 aromatic carbocycles. The Balaban J connectivity index is 1.58. The molecule has 42 heavy (non-hydrogen) atoms. The molecule has 0 bridgehead atoms. The number of nitrogens with zero attached hydrogens (tertiary/aromatic N) is 3. The number of carbonyl (C=O) groups is 3. The van der Waals surface area contributed by atoms with Gasteiger partial charge in [-0.1, -0.05) is 77.9 Å². The van der Waals surface area contributed by atoms with Gasteiger partial charge in [0.15, 0.2) is 0 Å². The molecule has 1 aliphatic rings. The van der Waals surface area contributed by atoms with Crippen LogP contribution in [0.2, 0.25) is 0 Å². The molecule has 0 aromatic heterocycles. The standard InChI is InChI=1S/C36H45N3O3/c1-25(2)19-28-7-13-31(14-8-28)34(40)37-22-38(35(41)32-15-9-29(10-16-32)20-26(3)4)24-39(23-37)36(42)33-17-11-30(12-18-33)21-27(5)6/h7-18,25-27H,19-24H2,1-6H3. The summed E-state index contributed by atoms with van der Waals surface area (Å²) in [6.45, 7) is 13.3. The zero-order chi connectivity index (χ0) is 30.4. The van der Waals surface area contributed by atoms with E-state index >= 15 is 0 Å². The maximum absolute atomic E-state index is 13.7. The first-order valence-electron chi connectivity index (χ1n) is 15.1. The van der Waals surface area contributed by atoms with Crippen molar-refractivity contribution in [1.29, 1.82) is 0 Å². The molecule has 3 aromatic rings. The first kappa shape index (κ1) is 31.0. The van der Waals surface area contributed by atoms with E-state index in [2.05, 4.69) is 41.5 Å². The minimum absolute atomic E-state index is 0.107. The Morgan fingerprint density at radius 3 is 0.857 bits per heavy atom. The summed E-state index contributed by atoms with van der Waals surface area (Å²) in [5.41, 5.74) is 5.16. The Labute approximate surface area is 251 Å². The second kappa shape index (κ2) is 13.8. The molecule has 1 saturated heterocycles. The average Bonchev–Trinajstić information content (AvgIpc) is 2.96. The van der Waals surface area contributed by atoms with Crippen LogP contribution in [-0.2, 0) is 19.3 Å². The molecule has 0 atom stereocenters. The molecule has 6 heteroatoms. The molecular formula is C36H45N3O3. The van der Waals surface area contributed by atoms with E-state index in [1.165, 1.54) is 16.7 Å². The summed E-state index contributed by atoms with van der Waals surface area (Å²) < 4.78 is 0. The summed E-state index contributed by atoms with van der Waals surface area (Å²) in [6.07, 6.45) is 2.82. The van der Waals surface area contributed by atoms with E-state index in [-0.39, 0.29) is 37.7 Å². The van der Waals surface area contributed by atoms with Gasteiger partial charge in [0, 0.05) is 16.7 Å². The Kier molecular flexibility index (Phi) is 10.2. The van der Waals surface area contributed by atoms with Crippen molar-refractivity contribution >= 4 is 17.7 Å². The van der Waals surface area contributed by atoms with Crippen molar-refractivity contribution in [3.05, 3.63) is 106 Å². The topological polar surface area (TPSA) is 60.9 Å². The molecule has 1 fully saturated rings. The van der Waals surface area contributed by atoms with Crippen LogP contribution in [0.1, 0.15) is 89.3 Å². The first-order chi connectivity index (χ1) is 20.0. The fraction of sp³-hybridized carbons (Fsp3) is 0.417. The van der Waals surface area contributed by atoms with E-state index in [1.807, 2.05) is 72.8 Å². The maximum Gasteiger partial charge on any atom is 0.256 e. The van der Waals surface area contributed by atoms with Crippen LogP contribution < -0.4 is 0 Å². The highest BCUT2D eigenvalue weighted by Crippen LogP contribution is 2.20. The normalized spacial score (nSPS) is 13.8. The van der Waals surface area contributed by atoms with Crippen molar-refractivity contribution in [3.63, 3.8) is 0 Å². The van der Waals surface area contributed by atoms with Gasteiger partial charge in [-0.05, 0) is 90.1 Å². The van der Waals surface area contributed by atoms with E-state index in [0.717, 1.165) is 19.3 Å². The van der Waals surface area contributed by atoms with Crippen molar-refractivity contribution < 1.29 is 14.4 Å². The van der Waals surface area contributed by atoms with Gasteiger partial charge in [0.1, 0.15) is 0 Å². The number of benzene rings is 3. The molecule has 0 spiro atoms. The van der Waals surface area contributed by atoms with Crippen LogP contribution in [-0.4, -0.2) is 52.4 Å². The molecule has 0 N–H and O–H groups in total. The van der Waals surface area contributed by atoms with Crippen LogP contribution >= 0.6 is 0 Å². The van der Waals surface area contributed by atoms with Crippen molar-refractivity contribution in [3.8, 4) is 0 Å². The monoisotopic (exact) mass is 567 g/mol. The number of hydrogen-bond donors (Lipinski definition) is 0. The average molecular weight is 568 g/mol. The highest BCUT2D eigenvalue weighted by atomic mass is 16.2. The van der Waals surface area contributed by atoms with E-state index < -0.39 is 0 Å². The van der Waals surface area contributed by atoms with Gasteiger partial charge in [-0.3, -0.25) is 14.4 Å². The lowest BCUT2D eigenvalue weighted by atomic mass is 10.0.